The van der Waals surface area contributed by atoms with Gasteiger partial charge in [0.15, 0.2) is 0 Å². The zero-order valence-electron chi connectivity index (χ0n) is 5.70. The van der Waals surface area contributed by atoms with Gasteiger partial charge in [-0.25, -0.2) is 0 Å². The second-order valence-corrected chi connectivity index (χ2v) is 1.55. The molecule has 0 aromatic heterocycles. The summed E-state index contributed by atoms with van der Waals surface area (Å²) in [5.41, 5.74) is 0. The predicted molar refractivity (Wildman–Crippen MR) is 29.5 cm³/mol. The molecule has 7 heavy (non-hydrogen) atoms. The third-order valence-electron chi connectivity index (χ3n) is 0.846. The van der Waals surface area contributed by atoms with Crippen LogP contribution in [0.1, 0.15) is 33.1 Å². The van der Waals surface area contributed by atoms with Crippen molar-refractivity contribution in [2.45, 2.75) is 33.1 Å². The van der Waals surface area contributed by atoms with Crippen LogP contribution in [0.2, 0.25) is 0 Å². The smallest absolute Gasteiger partial charge is 0.332 e. The van der Waals surface area contributed by atoms with Gasteiger partial charge in [0.1, 0.15) is 0 Å². The number of rotatable bonds is 3. The van der Waals surface area contributed by atoms with E-state index < -0.39 is 0 Å². The Labute approximate surface area is 69.0 Å². The molecule has 0 heterocycles. The van der Waals surface area contributed by atoms with Crippen molar-refractivity contribution in [2.24, 2.45) is 0 Å². The Morgan fingerprint density at radius 3 is 2.14 bits per heavy atom. The summed E-state index contributed by atoms with van der Waals surface area (Å²) in [6.45, 7) is 4.32. The van der Waals surface area contributed by atoms with E-state index in [0.29, 0.717) is 0 Å². The van der Waals surface area contributed by atoms with Gasteiger partial charge in [0.25, 0.3) is 0 Å². The quantitative estimate of drug-likeness (QED) is 0.257. The summed E-state index contributed by atoms with van der Waals surface area (Å²) in [6.07, 6.45) is 6.18. The molecule has 0 atom stereocenters. The Bertz CT molecular complexity index is 16.1. The molecular weight excluding hydrogens is 95.1 g/mol. The fourth-order valence-corrected chi connectivity index (χ4v) is 0.408. The molecule has 38 valence electrons. The first kappa shape index (κ1) is 10.9. The van der Waals surface area contributed by atoms with Crippen LogP contribution in [0.3, 0.4) is 0 Å². The summed E-state index contributed by atoms with van der Waals surface area (Å²) >= 11 is 0. The topological polar surface area (TPSA) is 0 Å². The summed E-state index contributed by atoms with van der Waals surface area (Å²) in [5, 5.41) is 0. The van der Waals surface area contributed by atoms with Crippen molar-refractivity contribution in [3.05, 3.63) is 6.42 Å². The molecule has 0 aliphatic carbocycles. The van der Waals surface area contributed by atoms with E-state index in [-0.39, 0.29) is 29.6 Å². The second-order valence-electron chi connectivity index (χ2n) is 1.55. The third kappa shape index (κ3) is 10.9. The fraction of sp³-hybridized carbons (Fsp3) is 0.833. The molecule has 0 aliphatic heterocycles. The minimum absolute atomic E-state index is 0. The molecule has 0 spiro atoms. The number of hydrogen-bond acceptors (Lipinski definition) is 0. The van der Waals surface area contributed by atoms with Crippen LogP contribution in [0.15, 0.2) is 0 Å². The Hall–Kier alpha value is 1.00. The van der Waals surface area contributed by atoms with Gasteiger partial charge in [0.2, 0.25) is 0 Å². The maximum atomic E-state index is 2.21. The molecule has 0 fully saturated rings. The van der Waals surface area contributed by atoms with Crippen LogP contribution in [0.25, 0.3) is 0 Å². The van der Waals surface area contributed by atoms with Gasteiger partial charge in [0, 0.05) is 0 Å². The fourth-order valence-electron chi connectivity index (χ4n) is 0.408. The molecule has 0 aliphatic rings. The SMILES string of the molecule is C[CH-]CCCC.[Na+]. The standard InChI is InChI=1S/C6H13.Na/c1-3-5-6-4-2;/h3H,4-6H2,1-2H3;/q-1;+1. The zero-order chi connectivity index (χ0) is 4.83. The monoisotopic (exact) mass is 108 g/mol. The molecule has 0 N–H and O–H groups in total. The molecule has 0 aromatic carbocycles. The molecule has 0 nitrogen and oxygen atoms in total. The van der Waals surface area contributed by atoms with Crippen LogP contribution < -0.4 is 29.6 Å². The van der Waals surface area contributed by atoms with Gasteiger partial charge in [-0.05, 0) is 0 Å². The maximum Gasteiger partial charge on any atom is 1.00 e. The predicted octanol–water partition coefficient (Wildman–Crippen LogP) is -0.595. The zero-order valence-corrected chi connectivity index (χ0v) is 7.70. The van der Waals surface area contributed by atoms with E-state index >= 15 is 0 Å². The van der Waals surface area contributed by atoms with Gasteiger partial charge in [-0.15, -0.1) is 0 Å². The van der Waals surface area contributed by atoms with Crippen LogP contribution in [0.5, 0.6) is 0 Å². The van der Waals surface area contributed by atoms with Crippen molar-refractivity contribution < 1.29 is 29.6 Å². The Balaban J connectivity index is 0. The molecule has 1 heteroatoms. The van der Waals surface area contributed by atoms with Gasteiger partial charge in [0.05, 0.1) is 0 Å². The van der Waals surface area contributed by atoms with E-state index in [1.807, 2.05) is 0 Å². The van der Waals surface area contributed by atoms with Crippen molar-refractivity contribution in [3.8, 4) is 0 Å². The average molecular weight is 108 g/mol. The van der Waals surface area contributed by atoms with E-state index in [4.69, 9.17) is 0 Å². The van der Waals surface area contributed by atoms with Crippen LogP contribution in [0.4, 0.5) is 0 Å². The van der Waals surface area contributed by atoms with Crippen LogP contribution >= 0.6 is 0 Å². The Morgan fingerprint density at radius 2 is 2.00 bits per heavy atom. The van der Waals surface area contributed by atoms with Gasteiger partial charge in [-0.2, -0.15) is 13.3 Å². The van der Waals surface area contributed by atoms with Crippen LogP contribution in [0, 0.1) is 6.42 Å². The van der Waals surface area contributed by atoms with E-state index in [9.17, 15) is 0 Å². The molecule has 0 bridgehead atoms. The molecular formula is C6H13Na. The van der Waals surface area contributed by atoms with Crippen LogP contribution in [-0.2, 0) is 0 Å². The van der Waals surface area contributed by atoms with Gasteiger partial charge in [-0.1, -0.05) is 19.8 Å². The summed E-state index contributed by atoms with van der Waals surface area (Å²) in [5.74, 6) is 0. The molecule has 0 aromatic rings. The van der Waals surface area contributed by atoms with E-state index in [1.54, 1.807) is 0 Å². The summed E-state index contributed by atoms with van der Waals surface area (Å²) in [7, 11) is 0. The molecule has 0 radical (unpaired) electrons. The normalized spacial score (nSPS) is 7.71. The Morgan fingerprint density at radius 1 is 1.43 bits per heavy atom. The number of hydrogen-bond donors (Lipinski definition) is 0. The molecule has 0 unspecified atom stereocenters. The van der Waals surface area contributed by atoms with E-state index in [2.05, 4.69) is 20.3 Å². The number of unbranched alkanes of at least 4 members (excludes halogenated alkanes) is 3. The Kier molecular flexibility index (Phi) is 15.7. The van der Waals surface area contributed by atoms with Gasteiger partial charge in [-0.3, -0.25) is 0 Å². The molecule has 0 saturated carbocycles. The average Bonchev–Trinajstić information content (AvgIpc) is 1.61. The third-order valence-corrected chi connectivity index (χ3v) is 0.846. The van der Waals surface area contributed by atoms with E-state index in [0.717, 1.165) is 0 Å². The summed E-state index contributed by atoms with van der Waals surface area (Å²) in [4.78, 5) is 0. The first-order valence-corrected chi connectivity index (χ1v) is 2.69. The van der Waals surface area contributed by atoms with Crippen molar-refractivity contribution in [1.82, 2.24) is 0 Å². The molecule has 0 saturated heterocycles. The van der Waals surface area contributed by atoms with Crippen molar-refractivity contribution in [2.75, 3.05) is 0 Å². The first-order chi connectivity index (χ1) is 2.91. The largest absolute Gasteiger partial charge is 1.00 e. The molecule has 0 rings (SSSR count). The van der Waals surface area contributed by atoms with Crippen molar-refractivity contribution >= 4 is 0 Å². The maximum absolute atomic E-state index is 2.21. The van der Waals surface area contributed by atoms with Crippen molar-refractivity contribution in [3.63, 3.8) is 0 Å². The minimum atomic E-state index is 0. The van der Waals surface area contributed by atoms with Crippen LogP contribution in [-0.4, -0.2) is 0 Å². The summed E-state index contributed by atoms with van der Waals surface area (Å²) < 4.78 is 0. The summed E-state index contributed by atoms with van der Waals surface area (Å²) in [6, 6.07) is 0. The van der Waals surface area contributed by atoms with E-state index in [1.165, 1.54) is 19.3 Å². The molecule has 0 amide bonds. The first-order valence-electron chi connectivity index (χ1n) is 2.69. The van der Waals surface area contributed by atoms with Gasteiger partial charge >= 0.3 is 29.6 Å². The minimum Gasteiger partial charge on any atom is -0.332 e. The van der Waals surface area contributed by atoms with Gasteiger partial charge < -0.3 is 6.42 Å². The van der Waals surface area contributed by atoms with Crippen molar-refractivity contribution in [1.29, 1.82) is 0 Å². The second kappa shape index (κ2) is 10.1.